The minimum atomic E-state index is 0. The predicted molar refractivity (Wildman–Crippen MR) is 33.2 cm³/mol. The van der Waals surface area contributed by atoms with E-state index < -0.39 is 0 Å². The third-order valence-electron chi connectivity index (χ3n) is 0. The second kappa shape index (κ2) is 43.7. The minimum absolute atomic E-state index is 0. The van der Waals surface area contributed by atoms with E-state index in [0.717, 1.165) is 0 Å². The van der Waals surface area contributed by atoms with Gasteiger partial charge in [0.1, 0.15) is 0 Å². The van der Waals surface area contributed by atoms with Gasteiger partial charge in [-0.2, -0.15) is 0 Å². The Morgan fingerprint density at radius 3 is 0.429 bits per heavy atom. The summed E-state index contributed by atoms with van der Waals surface area (Å²) in [4.78, 5) is 0. The topological polar surface area (TPSA) is 30.5 Å². The van der Waals surface area contributed by atoms with Crippen LogP contribution in [0.25, 0.3) is 6.15 Å². The largest absolute Gasteiger partial charge is 3.00 e. The summed E-state index contributed by atoms with van der Waals surface area (Å²) in [5.74, 6) is 0. The molecule has 0 radical (unpaired) electrons. The van der Waals surface area contributed by atoms with Gasteiger partial charge in [0, 0.05) is 0 Å². The van der Waals surface area contributed by atoms with Crippen molar-refractivity contribution in [2.24, 2.45) is 0 Å². The standard InChI is InChI=1S/3BH3.3K.N/h3*1H3;;;;/q;;;3*+1;-3. The van der Waals surface area contributed by atoms with Crippen LogP contribution >= 0.6 is 0 Å². The maximum Gasteiger partial charge on any atom is 1.00 e. The Morgan fingerprint density at radius 2 is 0.429 bits per heavy atom. The fourth-order valence-corrected chi connectivity index (χ4v) is 0. The fraction of sp³-hybridized carbons (Fsp3) is 0. The van der Waals surface area contributed by atoms with Gasteiger partial charge in [-0.3, -0.25) is 0 Å². The van der Waals surface area contributed by atoms with Crippen LogP contribution in [0.1, 0.15) is 0 Å². The van der Waals surface area contributed by atoms with Crippen LogP contribution in [0.15, 0.2) is 0 Å². The summed E-state index contributed by atoms with van der Waals surface area (Å²) in [5, 5.41) is 0. The van der Waals surface area contributed by atoms with Gasteiger partial charge in [-0.1, -0.05) is 0 Å². The molecular weight excluding hydrogens is 164 g/mol. The zero-order valence-electron chi connectivity index (χ0n) is 3.45. The normalized spacial score (nSPS) is 0. The summed E-state index contributed by atoms with van der Waals surface area (Å²) in [5.41, 5.74) is 0. The molecule has 0 spiro atoms. The van der Waals surface area contributed by atoms with E-state index in [-0.39, 0.29) is 186 Å². The van der Waals surface area contributed by atoms with Crippen molar-refractivity contribution >= 4 is 25.2 Å². The molecule has 0 aromatic rings. The maximum atomic E-state index is 0. The Hall–Kier alpha value is 5.06. The van der Waals surface area contributed by atoms with E-state index in [9.17, 15) is 0 Å². The molecule has 7 heteroatoms. The molecule has 26 valence electrons. The molecule has 0 fully saturated rings. The molecule has 0 saturated heterocycles. The van der Waals surface area contributed by atoms with Gasteiger partial charge in [0.25, 0.3) is 0 Å². The second-order valence-electron chi connectivity index (χ2n) is 0. The van der Waals surface area contributed by atoms with Gasteiger partial charge in [-0.05, 0) is 0 Å². The predicted octanol–water partition coefficient (Wildman–Crippen LogP) is -12.3. The molecular formula is H9B3K3N. The monoisotopic (exact) mass is 173 g/mol. The van der Waals surface area contributed by atoms with E-state index in [2.05, 4.69) is 0 Å². The van der Waals surface area contributed by atoms with Crippen molar-refractivity contribution in [1.82, 2.24) is 0 Å². The molecule has 0 unspecified atom stereocenters. The molecule has 0 aliphatic heterocycles. The molecule has 0 rings (SSSR count). The second-order valence-corrected chi connectivity index (χ2v) is 0. The van der Waals surface area contributed by atoms with Crippen molar-refractivity contribution in [2.75, 3.05) is 0 Å². The van der Waals surface area contributed by atoms with Crippen molar-refractivity contribution in [3.05, 3.63) is 6.15 Å². The molecule has 1 nitrogen and oxygen atoms in total. The summed E-state index contributed by atoms with van der Waals surface area (Å²) in [6.45, 7) is 0. The zero-order valence-corrected chi connectivity index (χ0v) is 12.8. The van der Waals surface area contributed by atoms with E-state index in [1.807, 2.05) is 0 Å². The van der Waals surface area contributed by atoms with E-state index >= 15 is 0 Å². The van der Waals surface area contributed by atoms with Crippen molar-refractivity contribution < 1.29 is 154 Å². The van der Waals surface area contributed by atoms with Gasteiger partial charge in [0.2, 0.25) is 0 Å². The smallest absolute Gasteiger partial charge is 1.00 e. The number of nitrogens with zero attached hydrogens (tertiary/aromatic N) is 1. The molecule has 0 amide bonds. The average Bonchev–Trinajstić information content (AvgIpc) is 0. The Balaban J connectivity index is 0. The van der Waals surface area contributed by atoms with E-state index in [1.54, 1.807) is 0 Å². The van der Waals surface area contributed by atoms with Crippen LogP contribution in [-0.4, -0.2) is 25.2 Å². The van der Waals surface area contributed by atoms with Gasteiger partial charge < -0.3 is 6.15 Å². The molecule has 0 saturated carbocycles. The van der Waals surface area contributed by atoms with Crippen LogP contribution in [-0.2, 0) is 0 Å². The third-order valence-corrected chi connectivity index (χ3v) is 0. The van der Waals surface area contributed by atoms with Crippen molar-refractivity contribution in [2.45, 2.75) is 0 Å². The molecule has 7 heavy (non-hydrogen) atoms. The van der Waals surface area contributed by atoms with Crippen LogP contribution in [0.4, 0.5) is 0 Å². The molecule has 0 aliphatic rings. The first-order valence-corrected chi connectivity index (χ1v) is 0. The molecule has 0 aromatic heterocycles. The van der Waals surface area contributed by atoms with E-state index in [0.29, 0.717) is 0 Å². The first kappa shape index (κ1) is 57.6. The molecule has 0 atom stereocenters. The number of hydrogen-bond donors (Lipinski definition) is 0. The van der Waals surface area contributed by atoms with Crippen molar-refractivity contribution in [3.8, 4) is 0 Å². The van der Waals surface area contributed by atoms with Crippen molar-refractivity contribution in [1.29, 1.82) is 0 Å². The molecule has 0 aliphatic carbocycles. The van der Waals surface area contributed by atoms with Gasteiger partial charge in [0.05, 0.1) is 25.2 Å². The molecule has 0 N–H and O–H groups in total. The number of rotatable bonds is 0. The first-order chi connectivity index (χ1) is 0. The van der Waals surface area contributed by atoms with Crippen molar-refractivity contribution in [3.63, 3.8) is 0 Å². The quantitative estimate of drug-likeness (QED) is 0.325. The minimum Gasteiger partial charge on any atom is -3.00 e. The Labute approximate surface area is 179 Å². The third kappa shape index (κ3) is 35.4. The maximum absolute atomic E-state index is 0. The van der Waals surface area contributed by atoms with Gasteiger partial charge in [0.15, 0.2) is 0 Å². The number of hydrogen-bond acceptors (Lipinski definition) is 0. The Morgan fingerprint density at radius 1 is 0.429 bits per heavy atom. The average molecular weight is 173 g/mol. The molecule has 0 aromatic carbocycles. The molecule has 0 heterocycles. The summed E-state index contributed by atoms with van der Waals surface area (Å²) in [7, 11) is 0. The van der Waals surface area contributed by atoms with Crippen LogP contribution in [0.2, 0.25) is 0 Å². The van der Waals surface area contributed by atoms with Crippen LogP contribution in [0.3, 0.4) is 0 Å². The summed E-state index contributed by atoms with van der Waals surface area (Å²) in [6, 6.07) is 0. The van der Waals surface area contributed by atoms with Crippen LogP contribution in [0.5, 0.6) is 0 Å². The zero-order chi connectivity index (χ0) is 0. The van der Waals surface area contributed by atoms with E-state index in [1.165, 1.54) is 0 Å². The summed E-state index contributed by atoms with van der Waals surface area (Å²) in [6.07, 6.45) is 0. The Kier molecular flexibility index (Phi) is 360. The van der Waals surface area contributed by atoms with Crippen LogP contribution in [0, 0.1) is 0 Å². The van der Waals surface area contributed by atoms with Gasteiger partial charge in [-0.15, -0.1) is 0 Å². The SMILES string of the molecule is B.B.B.[K+].[K+].[K+].[N-3]. The van der Waals surface area contributed by atoms with E-state index in [4.69, 9.17) is 0 Å². The first-order valence-electron chi connectivity index (χ1n) is 0. The van der Waals surface area contributed by atoms with Crippen LogP contribution < -0.4 is 154 Å². The summed E-state index contributed by atoms with van der Waals surface area (Å²) < 4.78 is 0. The Bertz CT molecular complexity index is 10.1. The fourth-order valence-electron chi connectivity index (χ4n) is 0. The molecule has 0 bridgehead atoms. The van der Waals surface area contributed by atoms with Gasteiger partial charge >= 0.3 is 154 Å². The van der Waals surface area contributed by atoms with Gasteiger partial charge in [-0.25, -0.2) is 0 Å². The summed E-state index contributed by atoms with van der Waals surface area (Å²) >= 11 is 0.